The van der Waals surface area contributed by atoms with Gasteiger partial charge in [0.25, 0.3) is 0 Å². The lowest BCUT2D eigenvalue weighted by Gasteiger charge is -2.36. The van der Waals surface area contributed by atoms with Crippen LogP contribution in [0.5, 0.6) is 0 Å². The van der Waals surface area contributed by atoms with Gasteiger partial charge in [-0.3, -0.25) is 0 Å². The lowest BCUT2D eigenvalue weighted by Crippen LogP contribution is -2.39. The second kappa shape index (κ2) is 4.60. The van der Waals surface area contributed by atoms with Crippen molar-refractivity contribution in [3.8, 4) is 0 Å². The molecule has 102 valence electrons. The van der Waals surface area contributed by atoms with Crippen molar-refractivity contribution in [3.63, 3.8) is 0 Å². The number of hydrogen-bond donors (Lipinski definition) is 2. The Kier molecular flexibility index (Phi) is 3.05. The highest BCUT2D eigenvalue weighted by atomic mass is 19.1. The van der Waals surface area contributed by atoms with Gasteiger partial charge in [-0.05, 0) is 43.7 Å². The predicted octanol–water partition coefficient (Wildman–Crippen LogP) is 3.11. The van der Waals surface area contributed by atoms with E-state index in [-0.39, 0.29) is 11.2 Å². The third-order valence-electron chi connectivity index (χ3n) is 4.59. The van der Waals surface area contributed by atoms with Crippen molar-refractivity contribution in [2.75, 3.05) is 6.54 Å². The smallest absolute Gasteiger partial charge is 0.151 e. The molecule has 0 unspecified atom stereocenters. The molecule has 3 rings (SSSR count). The van der Waals surface area contributed by atoms with Crippen LogP contribution < -0.4 is 5.73 Å². The Morgan fingerprint density at radius 2 is 2.16 bits per heavy atom. The molecule has 4 heteroatoms. The highest BCUT2D eigenvalue weighted by molar-refractivity contribution is 5.75. The van der Waals surface area contributed by atoms with E-state index in [1.165, 1.54) is 6.07 Å². The summed E-state index contributed by atoms with van der Waals surface area (Å²) in [6.45, 7) is 2.85. The van der Waals surface area contributed by atoms with Gasteiger partial charge in [0, 0.05) is 12.0 Å². The maximum atomic E-state index is 13.7. The molecule has 1 aliphatic carbocycles. The summed E-state index contributed by atoms with van der Waals surface area (Å²) in [5.41, 5.74) is 7.12. The molecule has 0 atom stereocenters. The molecule has 1 aliphatic rings. The summed E-state index contributed by atoms with van der Waals surface area (Å²) >= 11 is 0. The number of nitrogens with zero attached hydrogens (tertiary/aromatic N) is 1. The molecule has 0 radical (unpaired) electrons. The van der Waals surface area contributed by atoms with Crippen LogP contribution in [-0.2, 0) is 5.41 Å². The predicted molar refractivity (Wildman–Crippen MR) is 74.4 cm³/mol. The van der Waals surface area contributed by atoms with Gasteiger partial charge in [-0.25, -0.2) is 9.37 Å². The molecule has 0 bridgehead atoms. The van der Waals surface area contributed by atoms with Gasteiger partial charge in [0.15, 0.2) is 5.82 Å². The maximum Gasteiger partial charge on any atom is 0.151 e. The number of aromatic nitrogens is 2. The Morgan fingerprint density at radius 3 is 2.79 bits per heavy atom. The fourth-order valence-corrected chi connectivity index (χ4v) is 3.10. The molecule has 1 saturated carbocycles. The maximum absolute atomic E-state index is 13.7. The quantitative estimate of drug-likeness (QED) is 0.872. The highest BCUT2D eigenvalue weighted by Gasteiger charge is 2.37. The summed E-state index contributed by atoms with van der Waals surface area (Å²) in [5.74, 6) is 1.35. The van der Waals surface area contributed by atoms with Gasteiger partial charge in [0.05, 0.1) is 5.52 Å². The number of hydrogen-bond acceptors (Lipinski definition) is 2. The molecule has 2 aromatic rings. The number of H-pyrrole nitrogens is 1. The monoisotopic (exact) mass is 261 g/mol. The van der Waals surface area contributed by atoms with Crippen LogP contribution in [0.2, 0.25) is 0 Å². The number of nitrogens with one attached hydrogen (secondary N) is 1. The molecule has 0 spiro atoms. The third kappa shape index (κ3) is 2.04. The Balaban J connectivity index is 2.04. The Hall–Kier alpha value is -1.42. The number of halogens is 1. The third-order valence-corrected chi connectivity index (χ3v) is 4.59. The molecule has 1 aromatic carbocycles. The molecule has 0 aliphatic heterocycles. The normalized spacial score (nSPS) is 27.8. The fourth-order valence-electron chi connectivity index (χ4n) is 3.10. The van der Waals surface area contributed by atoms with Crippen molar-refractivity contribution in [1.82, 2.24) is 9.97 Å². The van der Waals surface area contributed by atoms with E-state index in [2.05, 4.69) is 16.9 Å². The van der Waals surface area contributed by atoms with Crippen molar-refractivity contribution in [1.29, 1.82) is 0 Å². The second-order valence-electron chi connectivity index (χ2n) is 5.89. The van der Waals surface area contributed by atoms with Gasteiger partial charge in [0.1, 0.15) is 11.3 Å². The summed E-state index contributed by atoms with van der Waals surface area (Å²) in [6.07, 6.45) is 4.39. The number of para-hydroxylation sites is 1. The first-order valence-corrected chi connectivity index (χ1v) is 6.99. The van der Waals surface area contributed by atoms with Crippen LogP contribution in [0.15, 0.2) is 18.2 Å². The number of benzene rings is 1. The minimum atomic E-state index is -0.267. The van der Waals surface area contributed by atoms with E-state index >= 15 is 0 Å². The molecule has 1 fully saturated rings. The van der Waals surface area contributed by atoms with E-state index in [4.69, 9.17) is 5.73 Å². The van der Waals surface area contributed by atoms with Gasteiger partial charge in [0.2, 0.25) is 0 Å². The van der Waals surface area contributed by atoms with Gasteiger partial charge < -0.3 is 10.7 Å². The van der Waals surface area contributed by atoms with Crippen LogP contribution in [0.25, 0.3) is 11.0 Å². The summed E-state index contributed by atoms with van der Waals surface area (Å²) in [7, 11) is 0. The zero-order valence-corrected chi connectivity index (χ0v) is 11.2. The number of fused-ring (bicyclic) bond motifs is 1. The molecule has 3 nitrogen and oxygen atoms in total. The highest BCUT2D eigenvalue weighted by Crippen LogP contribution is 2.40. The van der Waals surface area contributed by atoms with Crippen LogP contribution >= 0.6 is 0 Å². The van der Waals surface area contributed by atoms with Gasteiger partial charge in [-0.2, -0.15) is 0 Å². The lowest BCUT2D eigenvalue weighted by atomic mass is 9.70. The molecule has 1 aromatic heterocycles. The minimum Gasteiger partial charge on any atom is -0.341 e. The van der Waals surface area contributed by atoms with Crippen LogP contribution in [0, 0.1) is 11.7 Å². The zero-order chi connectivity index (χ0) is 13.5. The minimum absolute atomic E-state index is 0.0992. The van der Waals surface area contributed by atoms with Crippen molar-refractivity contribution in [3.05, 3.63) is 29.8 Å². The number of aromatic amines is 1. The van der Waals surface area contributed by atoms with E-state index in [1.807, 2.05) is 6.07 Å². The van der Waals surface area contributed by atoms with Gasteiger partial charge in [-0.1, -0.05) is 13.0 Å². The number of rotatable bonds is 2. The van der Waals surface area contributed by atoms with Crippen LogP contribution in [-0.4, -0.2) is 16.5 Å². The summed E-state index contributed by atoms with van der Waals surface area (Å²) in [6, 6.07) is 5.02. The van der Waals surface area contributed by atoms with E-state index in [9.17, 15) is 4.39 Å². The van der Waals surface area contributed by atoms with Crippen molar-refractivity contribution < 1.29 is 4.39 Å². The van der Waals surface area contributed by atoms with Crippen molar-refractivity contribution in [2.24, 2.45) is 11.7 Å². The van der Waals surface area contributed by atoms with E-state index in [1.54, 1.807) is 6.07 Å². The van der Waals surface area contributed by atoms with Crippen molar-refractivity contribution in [2.45, 2.75) is 38.0 Å². The Morgan fingerprint density at radius 1 is 1.42 bits per heavy atom. The second-order valence-corrected chi connectivity index (χ2v) is 5.89. The Bertz CT molecular complexity index is 582. The average molecular weight is 261 g/mol. The fraction of sp³-hybridized carbons (Fsp3) is 0.533. The molecule has 0 amide bonds. The van der Waals surface area contributed by atoms with E-state index < -0.39 is 0 Å². The molecule has 0 saturated heterocycles. The SMILES string of the molecule is CC1CCC(CN)(c2nc3c(F)cccc3[nH]2)CC1. The molecule has 3 N–H and O–H groups in total. The number of imidazole rings is 1. The molecular weight excluding hydrogens is 241 g/mol. The van der Waals surface area contributed by atoms with E-state index in [0.29, 0.717) is 12.1 Å². The van der Waals surface area contributed by atoms with Crippen LogP contribution in [0.1, 0.15) is 38.4 Å². The number of nitrogens with two attached hydrogens (primary N) is 1. The zero-order valence-electron chi connectivity index (χ0n) is 11.2. The standard InChI is InChI=1S/C15H20FN3/c1-10-5-7-15(9-17,8-6-10)14-18-12-4-2-3-11(16)13(12)19-14/h2-4,10H,5-9,17H2,1H3,(H,18,19). The van der Waals surface area contributed by atoms with Gasteiger partial charge >= 0.3 is 0 Å². The molecule has 1 heterocycles. The first kappa shape index (κ1) is 12.6. The first-order chi connectivity index (χ1) is 9.14. The Labute approximate surface area is 112 Å². The summed E-state index contributed by atoms with van der Waals surface area (Å²) in [5, 5.41) is 0. The largest absolute Gasteiger partial charge is 0.341 e. The van der Waals surface area contributed by atoms with Crippen molar-refractivity contribution >= 4 is 11.0 Å². The summed E-state index contributed by atoms with van der Waals surface area (Å²) in [4.78, 5) is 7.78. The van der Waals surface area contributed by atoms with E-state index in [0.717, 1.165) is 42.9 Å². The topological polar surface area (TPSA) is 54.7 Å². The average Bonchev–Trinajstić information content (AvgIpc) is 2.86. The van der Waals surface area contributed by atoms with Crippen LogP contribution in [0.3, 0.4) is 0 Å². The molecular formula is C15H20FN3. The van der Waals surface area contributed by atoms with Gasteiger partial charge in [-0.15, -0.1) is 0 Å². The molecule has 19 heavy (non-hydrogen) atoms. The van der Waals surface area contributed by atoms with Crippen LogP contribution in [0.4, 0.5) is 4.39 Å². The lowest BCUT2D eigenvalue weighted by molar-refractivity contribution is 0.238. The first-order valence-electron chi connectivity index (χ1n) is 6.99. The summed E-state index contributed by atoms with van der Waals surface area (Å²) < 4.78 is 13.7.